The van der Waals surface area contributed by atoms with Gasteiger partial charge in [-0.25, -0.2) is 0 Å². The molecule has 1 saturated heterocycles. The van der Waals surface area contributed by atoms with E-state index >= 15 is 0 Å². The summed E-state index contributed by atoms with van der Waals surface area (Å²) in [6.45, 7) is 1.30. The van der Waals surface area contributed by atoms with E-state index in [1.807, 2.05) is 12.1 Å². The first-order valence-electron chi connectivity index (χ1n) is 7.00. The molecule has 21 heavy (non-hydrogen) atoms. The Morgan fingerprint density at radius 1 is 1.52 bits per heavy atom. The highest BCUT2D eigenvalue weighted by atomic mass is 16.6. The molecule has 2 atom stereocenters. The molecule has 1 fully saturated rings. The van der Waals surface area contributed by atoms with E-state index in [-0.39, 0.29) is 18.6 Å². The van der Waals surface area contributed by atoms with Gasteiger partial charge in [-0.3, -0.25) is 4.79 Å². The fraction of sp³-hybridized carbons (Fsp3) is 0.533. The van der Waals surface area contributed by atoms with Crippen molar-refractivity contribution in [3.8, 4) is 11.5 Å². The molecule has 0 bridgehead atoms. The number of methoxy groups -OCH3 is 1. The van der Waals surface area contributed by atoms with Gasteiger partial charge in [0.15, 0.2) is 11.5 Å². The van der Waals surface area contributed by atoms with E-state index in [0.717, 1.165) is 12.0 Å². The zero-order valence-corrected chi connectivity index (χ0v) is 12.1. The van der Waals surface area contributed by atoms with Crippen molar-refractivity contribution in [2.75, 3.05) is 20.3 Å². The molecular weight excluding hydrogens is 274 g/mol. The third kappa shape index (κ3) is 4.34. The Morgan fingerprint density at radius 3 is 2.95 bits per heavy atom. The first-order chi connectivity index (χ1) is 10.1. The first-order valence-corrected chi connectivity index (χ1v) is 7.00. The molecule has 0 amide bonds. The average Bonchev–Trinajstić information content (AvgIpc) is 2.98. The van der Waals surface area contributed by atoms with Crippen molar-refractivity contribution >= 4 is 5.97 Å². The van der Waals surface area contributed by atoms with E-state index in [1.54, 1.807) is 13.2 Å². The largest absolute Gasteiger partial charge is 0.493 e. The van der Waals surface area contributed by atoms with Crippen LogP contribution in [0.4, 0.5) is 0 Å². The van der Waals surface area contributed by atoms with Gasteiger partial charge in [0.1, 0.15) is 6.10 Å². The monoisotopic (exact) mass is 295 g/mol. The molecule has 2 unspecified atom stereocenters. The maximum absolute atomic E-state index is 10.6. The minimum atomic E-state index is -0.849. The van der Waals surface area contributed by atoms with Crippen LogP contribution in [-0.4, -0.2) is 37.5 Å². The van der Waals surface area contributed by atoms with E-state index in [9.17, 15) is 4.79 Å². The van der Waals surface area contributed by atoms with E-state index in [1.165, 1.54) is 0 Å². The molecule has 1 heterocycles. The van der Waals surface area contributed by atoms with Crippen LogP contribution in [0.1, 0.15) is 30.9 Å². The quantitative estimate of drug-likeness (QED) is 0.796. The SMILES string of the molecule is COc1cc(C(N)CCC(=O)O)ccc1OC1CCOC1. The van der Waals surface area contributed by atoms with Crippen LogP contribution >= 0.6 is 0 Å². The van der Waals surface area contributed by atoms with Crippen molar-refractivity contribution in [1.82, 2.24) is 0 Å². The zero-order valence-electron chi connectivity index (χ0n) is 12.1. The highest BCUT2D eigenvalue weighted by Gasteiger charge is 2.20. The second-order valence-electron chi connectivity index (χ2n) is 5.05. The minimum Gasteiger partial charge on any atom is -0.493 e. The minimum absolute atomic E-state index is 0.0428. The lowest BCUT2D eigenvalue weighted by molar-refractivity contribution is -0.137. The lowest BCUT2D eigenvalue weighted by Gasteiger charge is -2.17. The normalized spacial score (nSPS) is 19.2. The number of hydrogen-bond acceptors (Lipinski definition) is 5. The van der Waals surface area contributed by atoms with Gasteiger partial charge in [-0.1, -0.05) is 6.07 Å². The Balaban J connectivity index is 2.05. The fourth-order valence-corrected chi connectivity index (χ4v) is 2.24. The van der Waals surface area contributed by atoms with Gasteiger partial charge in [0, 0.05) is 18.9 Å². The summed E-state index contributed by atoms with van der Waals surface area (Å²) in [6, 6.07) is 5.13. The predicted octanol–water partition coefficient (Wildman–Crippen LogP) is 1.73. The highest BCUT2D eigenvalue weighted by Crippen LogP contribution is 2.32. The van der Waals surface area contributed by atoms with Crippen molar-refractivity contribution in [3.63, 3.8) is 0 Å². The van der Waals surface area contributed by atoms with E-state index < -0.39 is 5.97 Å². The zero-order chi connectivity index (χ0) is 15.2. The number of ether oxygens (including phenoxy) is 3. The molecule has 3 N–H and O–H groups in total. The highest BCUT2D eigenvalue weighted by molar-refractivity contribution is 5.66. The summed E-state index contributed by atoms with van der Waals surface area (Å²) in [5.41, 5.74) is 6.84. The number of carboxylic acid groups (broad SMARTS) is 1. The van der Waals surface area contributed by atoms with Gasteiger partial charge >= 0.3 is 5.97 Å². The Hall–Kier alpha value is -1.79. The molecule has 0 aromatic heterocycles. The van der Waals surface area contributed by atoms with Gasteiger partial charge in [0.25, 0.3) is 0 Å². The third-order valence-electron chi connectivity index (χ3n) is 3.47. The van der Waals surface area contributed by atoms with Crippen LogP contribution in [0.2, 0.25) is 0 Å². The molecule has 1 aromatic carbocycles. The summed E-state index contributed by atoms with van der Waals surface area (Å²) >= 11 is 0. The van der Waals surface area contributed by atoms with E-state index in [2.05, 4.69) is 0 Å². The number of carboxylic acids is 1. The second-order valence-corrected chi connectivity index (χ2v) is 5.05. The molecule has 1 aliphatic heterocycles. The summed E-state index contributed by atoms with van der Waals surface area (Å²) in [5.74, 6) is 0.408. The molecule has 1 aliphatic rings. The number of hydrogen-bond donors (Lipinski definition) is 2. The molecule has 0 aliphatic carbocycles. The Morgan fingerprint density at radius 2 is 2.33 bits per heavy atom. The van der Waals surface area contributed by atoms with Crippen LogP contribution in [0.25, 0.3) is 0 Å². The Bertz CT molecular complexity index is 485. The van der Waals surface area contributed by atoms with E-state index in [4.69, 9.17) is 25.1 Å². The topological polar surface area (TPSA) is 91.0 Å². The van der Waals surface area contributed by atoms with Gasteiger partial charge in [0.2, 0.25) is 0 Å². The number of rotatable bonds is 7. The van der Waals surface area contributed by atoms with Crippen LogP contribution in [0.5, 0.6) is 11.5 Å². The fourth-order valence-electron chi connectivity index (χ4n) is 2.24. The summed E-state index contributed by atoms with van der Waals surface area (Å²) in [7, 11) is 1.57. The number of carbonyl (C=O) groups is 1. The molecule has 2 rings (SSSR count). The molecule has 0 saturated carbocycles. The first kappa shape index (κ1) is 15.6. The van der Waals surface area contributed by atoms with Crippen molar-refractivity contribution in [1.29, 1.82) is 0 Å². The summed E-state index contributed by atoms with van der Waals surface area (Å²) in [6.07, 6.45) is 1.34. The molecule has 0 spiro atoms. The van der Waals surface area contributed by atoms with Crippen LogP contribution in [-0.2, 0) is 9.53 Å². The van der Waals surface area contributed by atoms with Crippen LogP contribution < -0.4 is 15.2 Å². The number of aliphatic carboxylic acids is 1. The number of nitrogens with two attached hydrogens (primary N) is 1. The molecule has 116 valence electrons. The Kier molecular flexibility index (Phi) is 5.41. The van der Waals surface area contributed by atoms with Gasteiger partial charge in [-0.05, 0) is 24.1 Å². The van der Waals surface area contributed by atoms with Crippen LogP contribution in [0.15, 0.2) is 18.2 Å². The second kappa shape index (κ2) is 7.28. The molecule has 6 nitrogen and oxygen atoms in total. The van der Waals surface area contributed by atoms with Gasteiger partial charge in [-0.2, -0.15) is 0 Å². The smallest absolute Gasteiger partial charge is 0.303 e. The number of benzene rings is 1. The molecule has 1 aromatic rings. The van der Waals surface area contributed by atoms with Crippen molar-refractivity contribution in [2.24, 2.45) is 5.73 Å². The summed E-state index contributed by atoms with van der Waals surface area (Å²) < 4.78 is 16.5. The van der Waals surface area contributed by atoms with Gasteiger partial charge in [0.05, 0.1) is 20.3 Å². The lowest BCUT2D eigenvalue weighted by Crippen LogP contribution is -2.17. The molecular formula is C15H21NO5. The summed E-state index contributed by atoms with van der Waals surface area (Å²) in [4.78, 5) is 10.6. The van der Waals surface area contributed by atoms with Crippen LogP contribution in [0.3, 0.4) is 0 Å². The van der Waals surface area contributed by atoms with Gasteiger partial charge < -0.3 is 25.1 Å². The predicted molar refractivity (Wildman–Crippen MR) is 76.6 cm³/mol. The third-order valence-corrected chi connectivity index (χ3v) is 3.47. The summed E-state index contributed by atoms with van der Waals surface area (Å²) in [5, 5.41) is 8.70. The lowest BCUT2D eigenvalue weighted by atomic mass is 10.0. The molecule has 0 radical (unpaired) electrons. The average molecular weight is 295 g/mol. The Labute approximate surface area is 123 Å². The maximum atomic E-state index is 10.6. The van der Waals surface area contributed by atoms with E-state index in [0.29, 0.717) is 31.1 Å². The van der Waals surface area contributed by atoms with Crippen molar-refractivity contribution in [3.05, 3.63) is 23.8 Å². The maximum Gasteiger partial charge on any atom is 0.303 e. The van der Waals surface area contributed by atoms with Gasteiger partial charge in [-0.15, -0.1) is 0 Å². The van der Waals surface area contributed by atoms with Crippen LogP contribution in [0, 0.1) is 0 Å². The standard InChI is InChI=1S/C15H21NO5/c1-19-14-8-10(12(16)3-5-15(17)18)2-4-13(14)21-11-6-7-20-9-11/h2,4,8,11-12H,3,5-7,9,16H2,1H3,(H,17,18). The molecule has 6 heteroatoms. The van der Waals surface area contributed by atoms with Crippen molar-refractivity contribution < 1.29 is 24.1 Å². The van der Waals surface area contributed by atoms with Crippen molar-refractivity contribution in [2.45, 2.75) is 31.4 Å².